The van der Waals surface area contributed by atoms with Gasteiger partial charge in [-0.2, -0.15) is 13.2 Å². The van der Waals surface area contributed by atoms with E-state index >= 15 is 0 Å². The average molecular weight is 331 g/mol. The zero-order chi connectivity index (χ0) is 13.1. The monoisotopic (exact) mass is 329 g/mol. The molecule has 1 amide bonds. The first-order valence-corrected chi connectivity index (χ1v) is 5.77. The first-order chi connectivity index (χ1) is 7.80. The van der Waals surface area contributed by atoms with Crippen LogP contribution in [0.4, 0.5) is 13.2 Å². The third-order valence-corrected chi connectivity index (χ3v) is 2.95. The van der Waals surface area contributed by atoms with Crippen LogP contribution in [0.2, 0.25) is 5.02 Å². The van der Waals surface area contributed by atoms with Crippen molar-refractivity contribution in [2.45, 2.75) is 12.6 Å². The van der Waals surface area contributed by atoms with Crippen molar-refractivity contribution in [2.24, 2.45) is 0 Å². The second-order valence-electron chi connectivity index (χ2n) is 3.24. The van der Waals surface area contributed by atoms with Crippen molar-refractivity contribution in [1.82, 2.24) is 5.32 Å². The van der Waals surface area contributed by atoms with Gasteiger partial charge in [-0.15, -0.1) is 0 Å². The minimum Gasteiger partial charge on any atom is -0.348 e. The van der Waals surface area contributed by atoms with Gasteiger partial charge in [0.25, 0.3) is 0 Å². The van der Waals surface area contributed by atoms with Crippen LogP contribution in [0, 0.1) is 0 Å². The van der Waals surface area contributed by atoms with Crippen molar-refractivity contribution in [3.63, 3.8) is 0 Å². The van der Waals surface area contributed by atoms with Gasteiger partial charge in [-0.3, -0.25) is 4.79 Å². The standard InChI is InChI=1S/C10H8BrClF3NO/c11-8-2-1-7(12)5-6(8)3-4-16-9(17)10(13,14)15/h1-2,5H,3-4H2,(H,16,17). The van der Waals surface area contributed by atoms with Crippen LogP contribution in [-0.2, 0) is 11.2 Å². The van der Waals surface area contributed by atoms with Crippen LogP contribution in [0.25, 0.3) is 0 Å². The van der Waals surface area contributed by atoms with Gasteiger partial charge in [0, 0.05) is 16.0 Å². The number of amides is 1. The highest BCUT2D eigenvalue weighted by Crippen LogP contribution is 2.21. The van der Waals surface area contributed by atoms with E-state index in [1.54, 1.807) is 23.5 Å². The van der Waals surface area contributed by atoms with Crippen LogP contribution < -0.4 is 5.32 Å². The van der Waals surface area contributed by atoms with Crippen molar-refractivity contribution in [3.05, 3.63) is 33.3 Å². The molecule has 0 aliphatic rings. The van der Waals surface area contributed by atoms with Crippen molar-refractivity contribution in [2.75, 3.05) is 6.54 Å². The summed E-state index contributed by atoms with van der Waals surface area (Å²) in [6.45, 7) is -0.0999. The quantitative estimate of drug-likeness (QED) is 0.905. The van der Waals surface area contributed by atoms with E-state index in [1.165, 1.54) is 0 Å². The molecule has 1 rings (SSSR count). The summed E-state index contributed by atoms with van der Waals surface area (Å²) >= 11 is 8.99. The lowest BCUT2D eigenvalue weighted by molar-refractivity contribution is -0.173. The Morgan fingerprint density at radius 1 is 1.41 bits per heavy atom. The molecule has 7 heteroatoms. The highest BCUT2D eigenvalue weighted by atomic mass is 79.9. The second-order valence-corrected chi connectivity index (χ2v) is 4.53. The number of carbonyl (C=O) groups excluding carboxylic acids is 1. The summed E-state index contributed by atoms with van der Waals surface area (Å²) in [7, 11) is 0. The Morgan fingerprint density at radius 3 is 2.65 bits per heavy atom. The van der Waals surface area contributed by atoms with Gasteiger partial charge in [0.05, 0.1) is 0 Å². The molecule has 0 saturated carbocycles. The maximum absolute atomic E-state index is 11.9. The molecule has 1 N–H and O–H groups in total. The van der Waals surface area contributed by atoms with Crippen LogP contribution >= 0.6 is 27.5 Å². The Kier molecular flexibility index (Phi) is 4.82. The maximum atomic E-state index is 11.9. The molecule has 0 spiro atoms. The molecule has 1 aromatic carbocycles. The lowest BCUT2D eigenvalue weighted by Crippen LogP contribution is -2.37. The van der Waals surface area contributed by atoms with Crippen molar-refractivity contribution < 1.29 is 18.0 Å². The van der Waals surface area contributed by atoms with E-state index < -0.39 is 12.1 Å². The van der Waals surface area contributed by atoms with Gasteiger partial charge >= 0.3 is 12.1 Å². The summed E-state index contributed by atoms with van der Waals surface area (Å²) in [5.41, 5.74) is 0.736. The molecule has 0 aliphatic carbocycles. The van der Waals surface area contributed by atoms with E-state index in [9.17, 15) is 18.0 Å². The average Bonchev–Trinajstić information content (AvgIpc) is 2.21. The van der Waals surface area contributed by atoms with Gasteiger partial charge < -0.3 is 5.32 Å². The van der Waals surface area contributed by atoms with Crippen LogP contribution in [0.1, 0.15) is 5.56 Å². The number of hydrogen-bond acceptors (Lipinski definition) is 1. The summed E-state index contributed by atoms with van der Waals surface area (Å²) < 4.78 is 36.4. The third-order valence-electron chi connectivity index (χ3n) is 1.95. The number of hydrogen-bond donors (Lipinski definition) is 1. The van der Waals surface area contributed by atoms with Crippen molar-refractivity contribution >= 4 is 33.4 Å². The van der Waals surface area contributed by atoms with E-state index in [2.05, 4.69) is 15.9 Å². The molecule has 2 nitrogen and oxygen atoms in total. The molecule has 0 fully saturated rings. The molecule has 0 atom stereocenters. The summed E-state index contributed by atoms with van der Waals surface area (Å²) in [6, 6.07) is 4.98. The zero-order valence-electron chi connectivity index (χ0n) is 8.44. The largest absolute Gasteiger partial charge is 0.471 e. The van der Waals surface area contributed by atoms with Crippen LogP contribution in [0.15, 0.2) is 22.7 Å². The Balaban J connectivity index is 2.52. The molecule has 1 aromatic rings. The summed E-state index contributed by atoms with van der Waals surface area (Å²) in [5, 5.41) is 2.28. The SMILES string of the molecule is O=C(NCCc1cc(Cl)ccc1Br)C(F)(F)F. The zero-order valence-corrected chi connectivity index (χ0v) is 10.8. The highest BCUT2D eigenvalue weighted by molar-refractivity contribution is 9.10. The Labute approximate surface area is 109 Å². The fraction of sp³-hybridized carbons (Fsp3) is 0.300. The molecule has 0 aromatic heterocycles. The molecule has 0 aliphatic heterocycles. The Morgan fingerprint density at radius 2 is 2.06 bits per heavy atom. The normalized spacial score (nSPS) is 11.4. The van der Waals surface area contributed by atoms with Gasteiger partial charge in [-0.05, 0) is 30.2 Å². The van der Waals surface area contributed by atoms with Gasteiger partial charge in [0.15, 0.2) is 0 Å². The fourth-order valence-electron chi connectivity index (χ4n) is 1.15. The maximum Gasteiger partial charge on any atom is 0.471 e. The van der Waals surface area contributed by atoms with E-state index in [0.717, 1.165) is 10.0 Å². The van der Waals surface area contributed by atoms with Gasteiger partial charge in [-0.25, -0.2) is 0 Å². The first-order valence-electron chi connectivity index (χ1n) is 4.59. The van der Waals surface area contributed by atoms with E-state index in [4.69, 9.17) is 11.6 Å². The van der Waals surface area contributed by atoms with Crippen molar-refractivity contribution in [3.8, 4) is 0 Å². The molecule has 0 saturated heterocycles. The van der Waals surface area contributed by atoms with Gasteiger partial charge in [0.2, 0.25) is 0 Å². The molecule has 0 heterocycles. The van der Waals surface area contributed by atoms with Crippen LogP contribution in [0.5, 0.6) is 0 Å². The lowest BCUT2D eigenvalue weighted by atomic mass is 10.1. The molecule has 94 valence electrons. The molecule has 0 bridgehead atoms. The lowest BCUT2D eigenvalue weighted by Gasteiger charge is -2.09. The number of rotatable bonds is 3. The van der Waals surface area contributed by atoms with E-state index in [0.29, 0.717) is 5.02 Å². The highest BCUT2D eigenvalue weighted by Gasteiger charge is 2.38. The minimum absolute atomic E-state index is 0.0999. The van der Waals surface area contributed by atoms with Crippen molar-refractivity contribution in [1.29, 1.82) is 0 Å². The molecular formula is C10H8BrClF3NO. The summed E-state index contributed by atoms with van der Waals surface area (Å²) in [5.74, 6) is -1.93. The number of alkyl halides is 3. The molecule has 0 radical (unpaired) electrons. The number of halogens is 5. The molecule has 17 heavy (non-hydrogen) atoms. The number of benzene rings is 1. The third kappa shape index (κ3) is 4.55. The summed E-state index contributed by atoms with van der Waals surface area (Å²) in [6.07, 6.45) is -4.57. The Hall–Kier alpha value is -0.750. The Bertz CT molecular complexity index is 423. The minimum atomic E-state index is -4.84. The van der Waals surface area contributed by atoms with Crippen LogP contribution in [-0.4, -0.2) is 18.6 Å². The van der Waals surface area contributed by atoms with Gasteiger partial charge in [0.1, 0.15) is 0 Å². The summed E-state index contributed by atoms with van der Waals surface area (Å²) in [4.78, 5) is 10.5. The second kappa shape index (κ2) is 5.73. The first kappa shape index (κ1) is 14.3. The predicted octanol–water partition coefficient (Wildman–Crippen LogP) is 3.32. The predicted molar refractivity (Wildman–Crippen MR) is 61.9 cm³/mol. The number of carbonyl (C=O) groups is 1. The molecule has 0 unspecified atom stereocenters. The number of nitrogens with one attached hydrogen (secondary N) is 1. The fourth-order valence-corrected chi connectivity index (χ4v) is 1.79. The molecular weight excluding hydrogens is 322 g/mol. The van der Waals surface area contributed by atoms with Gasteiger partial charge in [-0.1, -0.05) is 27.5 Å². The topological polar surface area (TPSA) is 29.1 Å². The van der Waals surface area contributed by atoms with Crippen LogP contribution in [0.3, 0.4) is 0 Å². The smallest absolute Gasteiger partial charge is 0.348 e. The van der Waals surface area contributed by atoms with E-state index in [1.807, 2.05) is 0 Å². The van der Waals surface area contributed by atoms with E-state index in [-0.39, 0.29) is 13.0 Å².